The van der Waals surface area contributed by atoms with Gasteiger partial charge in [-0.2, -0.15) is 4.98 Å². The molecule has 9 nitrogen and oxygen atoms in total. The van der Waals surface area contributed by atoms with E-state index in [0.29, 0.717) is 36.6 Å². The van der Waals surface area contributed by atoms with Crippen LogP contribution >= 0.6 is 12.6 Å². The largest absolute Gasteiger partial charge is 0.463 e. The van der Waals surface area contributed by atoms with Crippen LogP contribution in [0.4, 0.5) is 0 Å². The summed E-state index contributed by atoms with van der Waals surface area (Å²) in [6.45, 7) is 3.29. The lowest BCUT2D eigenvalue weighted by Crippen LogP contribution is -2.45. The number of hydrogen-bond donors (Lipinski definition) is 3. The van der Waals surface area contributed by atoms with Crippen LogP contribution in [0.3, 0.4) is 0 Å². The Hall–Kier alpha value is -3.37. The van der Waals surface area contributed by atoms with Crippen LogP contribution in [0.5, 0.6) is 6.01 Å². The van der Waals surface area contributed by atoms with Crippen molar-refractivity contribution in [1.29, 1.82) is 0 Å². The number of fused-ring (bicyclic) bond motifs is 1. The summed E-state index contributed by atoms with van der Waals surface area (Å²) in [5.74, 6) is 0.0664. The van der Waals surface area contributed by atoms with E-state index in [4.69, 9.17) is 15.5 Å². The number of allylic oxidation sites excluding steroid dienone is 5. The van der Waals surface area contributed by atoms with E-state index in [-0.39, 0.29) is 5.91 Å². The maximum Gasteiger partial charge on any atom is 0.297 e. The summed E-state index contributed by atoms with van der Waals surface area (Å²) >= 11 is 4.46. The highest BCUT2D eigenvalue weighted by atomic mass is 32.1. The lowest BCUT2D eigenvalue weighted by atomic mass is 9.99. The van der Waals surface area contributed by atoms with Crippen LogP contribution in [0.2, 0.25) is 0 Å². The average molecular weight is 506 g/mol. The Bertz CT molecular complexity index is 1220. The Balaban J connectivity index is 1.15. The Morgan fingerprint density at radius 2 is 2.03 bits per heavy atom. The van der Waals surface area contributed by atoms with E-state index in [1.807, 2.05) is 21.6 Å². The molecular weight excluding hydrogens is 474 g/mol. The first-order valence-corrected chi connectivity index (χ1v) is 12.8. The number of amides is 1. The third kappa shape index (κ3) is 5.39. The molecule has 3 aliphatic rings. The number of likely N-dealkylation sites (tertiary alicyclic amines) is 1. The van der Waals surface area contributed by atoms with Crippen molar-refractivity contribution in [3.05, 3.63) is 64.6 Å². The zero-order valence-electron chi connectivity index (χ0n) is 20.1. The second-order valence-electron chi connectivity index (χ2n) is 9.06. The smallest absolute Gasteiger partial charge is 0.297 e. The van der Waals surface area contributed by atoms with Gasteiger partial charge in [0.25, 0.3) is 11.9 Å². The van der Waals surface area contributed by atoms with Crippen molar-refractivity contribution >= 4 is 36.0 Å². The number of hydrogen-bond acceptors (Lipinski definition) is 8. The number of imidazole rings is 1. The molecule has 0 aromatic carbocycles. The number of carbonyl (C=O) groups excluding carboxylic acids is 1. The number of rotatable bonds is 7. The second kappa shape index (κ2) is 11.1. The van der Waals surface area contributed by atoms with Crippen molar-refractivity contribution in [2.75, 3.05) is 26.4 Å². The minimum Gasteiger partial charge on any atom is -0.463 e. The van der Waals surface area contributed by atoms with Crippen molar-refractivity contribution in [2.24, 2.45) is 10.7 Å². The fraction of sp³-hybridized carbons (Fsp3) is 0.385. The highest BCUT2D eigenvalue weighted by Gasteiger charge is 2.26. The molecule has 2 aliphatic heterocycles. The van der Waals surface area contributed by atoms with E-state index in [2.05, 4.69) is 34.0 Å². The maximum absolute atomic E-state index is 12.6. The summed E-state index contributed by atoms with van der Waals surface area (Å²) in [5, 5.41) is 3.46. The summed E-state index contributed by atoms with van der Waals surface area (Å²) in [6.07, 6.45) is 14.5. The topological polar surface area (TPSA) is 111 Å². The van der Waals surface area contributed by atoms with Crippen LogP contribution in [0, 0.1) is 0 Å². The molecule has 5 rings (SSSR count). The number of nitrogens with one attached hydrogen (secondary N) is 1. The van der Waals surface area contributed by atoms with Gasteiger partial charge >= 0.3 is 0 Å². The molecule has 0 unspecified atom stereocenters. The van der Waals surface area contributed by atoms with E-state index in [0.717, 1.165) is 67.2 Å². The van der Waals surface area contributed by atoms with E-state index in [9.17, 15) is 4.79 Å². The molecule has 2 aromatic rings. The first kappa shape index (κ1) is 24.3. The molecule has 36 heavy (non-hydrogen) atoms. The predicted molar refractivity (Wildman–Crippen MR) is 144 cm³/mol. The molecule has 188 valence electrons. The van der Waals surface area contributed by atoms with Crippen LogP contribution in [0.25, 0.3) is 11.3 Å². The molecule has 0 saturated carbocycles. The van der Waals surface area contributed by atoms with Crippen LogP contribution in [-0.4, -0.2) is 64.0 Å². The average Bonchev–Trinajstić information content (AvgIpc) is 3.51. The number of aliphatic imine (C=N–C) groups is 1. The van der Waals surface area contributed by atoms with Gasteiger partial charge in [-0.05, 0) is 54.4 Å². The molecule has 2 aromatic heterocycles. The van der Waals surface area contributed by atoms with Crippen molar-refractivity contribution < 1.29 is 9.53 Å². The SMILES string of the molecule is N/C(=C\C=NCNC1CCN(C(=O)c2ccncc2)CC1)c1c(C2=CC=C(S)CC2)nc2n1CCO2. The monoisotopic (exact) mass is 505 g/mol. The van der Waals surface area contributed by atoms with Crippen LogP contribution < -0.4 is 15.8 Å². The highest BCUT2D eigenvalue weighted by molar-refractivity contribution is 7.84. The first-order chi connectivity index (χ1) is 17.6. The van der Waals surface area contributed by atoms with Crippen LogP contribution in [-0.2, 0) is 6.54 Å². The maximum atomic E-state index is 12.6. The number of pyridine rings is 1. The Labute approximate surface area is 216 Å². The van der Waals surface area contributed by atoms with Gasteiger partial charge in [0.1, 0.15) is 6.61 Å². The third-order valence-electron chi connectivity index (χ3n) is 6.72. The molecule has 3 N–H and O–H groups in total. The Morgan fingerprint density at radius 1 is 1.22 bits per heavy atom. The molecule has 4 heterocycles. The minimum atomic E-state index is 0.0664. The molecule has 0 atom stereocenters. The highest BCUT2D eigenvalue weighted by Crippen LogP contribution is 2.35. The normalized spacial score (nSPS) is 18.7. The van der Waals surface area contributed by atoms with E-state index in [1.54, 1.807) is 30.7 Å². The van der Waals surface area contributed by atoms with Crippen molar-refractivity contribution in [1.82, 2.24) is 24.8 Å². The van der Waals surface area contributed by atoms with E-state index < -0.39 is 0 Å². The van der Waals surface area contributed by atoms with Gasteiger partial charge in [-0.1, -0.05) is 12.2 Å². The zero-order valence-corrected chi connectivity index (χ0v) is 21.0. The molecule has 1 amide bonds. The number of nitrogens with zero attached hydrogens (tertiary/aromatic N) is 5. The summed E-state index contributed by atoms with van der Waals surface area (Å²) in [7, 11) is 0. The van der Waals surface area contributed by atoms with E-state index >= 15 is 0 Å². The minimum absolute atomic E-state index is 0.0664. The van der Waals surface area contributed by atoms with Crippen molar-refractivity contribution in [3.63, 3.8) is 0 Å². The van der Waals surface area contributed by atoms with Gasteiger partial charge in [0.2, 0.25) is 0 Å². The third-order valence-corrected chi connectivity index (χ3v) is 7.10. The fourth-order valence-electron chi connectivity index (χ4n) is 4.73. The van der Waals surface area contributed by atoms with Crippen molar-refractivity contribution in [2.45, 2.75) is 38.3 Å². The Morgan fingerprint density at radius 3 is 2.78 bits per heavy atom. The molecule has 1 aliphatic carbocycles. The van der Waals surface area contributed by atoms with Gasteiger partial charge < -0.3 is 15.4 Å². The predicted octanol–water partition coefficient (Wildman–Crippen LogP) is 2.88. The number of carbonyl (C=O) groups is 1. The number of aromatic nitrogens is 3. The standard InChI is InChI=1S/C26H31N7O2S/c27-22(24-23(18-1-3-21(36)4-2-18)31-26-33(24)15-16-35-26)7-12-29-17-30-20-8-13-32(14-9-20)25(34)19-5-10-28-11-6-19/h1,3,5-7,10-12,20,30,36H,2,4,8-9,13-17,27H2/b22-7-,29-12?. The van der Waals surface area contributed by atoms with E-state index in [1.165, 1.54) is 0 Å². The molecule has 1 fully saturated rings. The molecule has 1 saturated heterocycles. The van der Waals surface area contributed by atoms with Gasteiger partial charge in [-0.25, -0.2) is 0 Å². The van der Waals surface area contributed by atoms with Crippen LogP contribution in [0.1, 0.15) is 47.4 Å². The summed E-state index contributed by atoms with van der Waals surface area (Å²) in [5.41, 5.74) is 10.7. The van der Waals surface area contributed by atoms with Gasteiger partial charge in [0, 0.05) is 43.3 Å². The molecule has 0 spiro atoms. The summed E-state index contributed by atoms with van der Waals surface area (Å²) in [4.78, 5) is 28.7. The van der Waals surface area contributed by atoms with Gasteiger partial charge in [-0.15, -0.1) is 12.6 Å². The molecule has 0 bridgehead atoms. The summed E-state index contributed by atoms with van der Waals surface area (Å²) < 4.78 is 7.72. The Kier molecular flexibility index (Phi) is 7.52. The summed E-state index contributed by atoms with van der Waals surface area (Å²) in [6, 6.07) is 4.46. The number of ether oxygens (including phenoxy) is 1. The molecular formula is C26H31N7O2S. The van der Waals surface area contributed by atoms with Gasteiger partial charge in [-0.3, -0.25) is 24.7 Å². The quantitative estimate of drug-likeness (QED) is 0.394. The number of nitrogens with two attached hydrogens (primary N) is 1. The lowest BCUT2D eigenvalue weighted by molar-refractivity contribution is 0.0705. The van der Waals surface area contributed by atoms with Gasteiger partial charge in [0.05, 0.1) is 30.3 Å². The number of thiol groups is 1. The zero-order chi connectivity index (χ0) is 24.9. The first-order valence-electron chi connectivity index (χ1n) is 12.3. The molecule has 10 heteroatoms. The number of piperidine rings is 1. The molecule has 0 radical (unpaired) electrons. The van der Waals surface area contributed by atoms with Crippen molar-refractivity contribution in [3.8, 4) is 6.01 Å². The van der Waals surface area contributed by atoms with Crippen LogP contribution in [0.15, 0.2) is 52.7 Å². The van der Waals surface area contributed by atoms with Gasteiger partial charge in [0.15, 0.2) is 0 Å². The fourth-order valence-corrected chi connectivity index (χ4v) is 4.91. The second-order valence-corrected chi connectivity index (χ2v) is 9.63. The lowest BCUT2D eigenvalue weighted by Gasteiger charge is -2.32.